The van der Waals surface area contributed by atoms with Gasteiger partial charge in [0.25, 0.3) is 0 Å². The van der Waals surface area contributed by atoms with Gasteiger partial charge < -0.3 is 24.3 Å². The van der Waals surface area contributed by atoms with Gasteiger partial charge in [0.15, 0.2) is 0 Å². The highest BCUT2D eigenvalue weighted by Gasteiger charge is 2.34. The molecular formula is C33H39N7O2. The molecular weight excluding hydrogens is 526 g/mol. The van der Waals surface area contributed by atoms with Crippen LogP contribution in [-0.2, 0) is 17.8 Å². The molecule has 3 aliphatic rings. The van der Waals surface area contributed by atoms with Gasteiger partial charge in [0.2, 0.25) is 5.91 Å². The fraction of sp³-hybridized carbons (Fsp3) is 0.455. The topological polar surface area (TPSA) is 88.8 Å². The molecule has 1 aliphatic carbocycles. The van der Waals surface area contributed by atoms with Crippen molar-refractivity contribution in [2.75, 3.05) is 50.1 Å². The maximum atomic E-state index is 12.5. The quantitative estimate of drug-likeness (QED) is 0.395. The van der Waals surface area contributed by atoms with Crippen molar-refractivity contribution in [2.24, 2.45) is 0 Å². The number of benzene rings is 2. The highest BCUT2D eigenvalue weighted by molar-refractivity contribution is 5.94. The molecule has 2 fully saturated rings. The van der Waals surface area contributed by atoms with E-state index >= 15 is 0 Å². The van der Waals surface area contributed by atoms with E-state index in [1.807, 2.05) is 0 Å². The molecule has 0 N–H and O–H groups in total. The summed E-state index contributed by atoms with van der Waals surface area (Å²) in [6.07, 6.45) is 5.51. The third-order valence-electron chi connectivity index (χ3n) is 9.06. The fourth-order valence-corrected chi connectivity index (χ4v) is 6.77. The highest BCUT2D eigenvalue weighted by Crippen LogP contribution is 2.35. The zero-order valence-corrected chi connectivity index (χ0v) is 24.6. The fourth-order valence-electron chi connectivity index (χ4n) is 6.77. The van der Waals surface area contributed by atoms with Crippen molar-refractivity contribution in [3.05, 3.63) is 66.4 Å². The molecule has 3 aromatic rings. The predicted octanol–water partition coefficient (Wildman–Crippen LogP) is 4.17. The lowest BCUT2D eigenvalue weighted by molar-refractivity contribution is -0.128. The summed E-state index contributed by atoms with van der Waals surface area (Å²) >= 11 is 0. The Morgan fingerprint density at radius 2 is 1.95 bits per heavy atom. The van der Waals surface area contributed by atoms with Gasteiger partial charge in [-0.05, 0) is 57.3 Å². The molecule has 42 heavy (non-hydrogen) atoms. The molecule has 3 atom stereocenters. The number of rotatable bonds is 7. The van der Waals surface area contributed by atoms with Crippen LogP contribution in [0.4, 0.5) is 11.5 Å². The second kappa shape index (κ2) is 12.0. The number of hydrogen-bond donors (Lipinski definition) is 0. The molecule has 0 spiro atoms. The van der Waals surface area contributed by atoms with Crippen LogP contribution in [0.25, 0.3) is 10.8 Å². The van der Waals surface area contributed by atoms with Gasteiger partial charge in [-0.3, -0.25) is 4.79 Å². The molecule has 6 rings (SSSR count). The first-order valence-electron chi connectivity index (χ1n) is 15.0. The summed E-state index contributed by atoms with van der Waals surface area (Å²) in [6.45, 7) is 6.85. The molecule has 2 aliphatic heterocycles. The summed E-state index contributed by atoms with van der Waals surface area (Å²) in [4.78, 5) is 31.3. The van der Waals surface area contributed by atoms with Gasteiger partial charge in [0, 0.05) is 48.9 Å². The minimum Gasteiger partial charge on any atom is -0.460 e. The number of carbonyl (C=O) groups is 1. The van der Waals surface area contributed by atoms with E-state index in [1.165, 1.54) is 22.5 Å². The van der Waals surface area contributed by atoms with Crippen LogP contribution >= 0.6 is 0 Å². The van der Waals surface area contributed by atoms with Gasteiger partial charge in [-0.15, -0.1) is 0 Å². The summed E-state index contributed by atoms with van der Waals surface area (Å²) < 4.78 is 6.49. The number of amides is 1. The Kier molecular flexibility index (Phi) is 7.98. The van der Waals surface area contributed by atoms with Gasteiger partial charge in [-0.25, -0.2) is 0 Å². The Bertz CT molecular complexity index is 1510. The van der Waals surface area contributed by atoms with E-state index in [-0.39, 0.29) is 24.5 Å². The first kappa shape index (κ1) is 28.0. The molecule has 9 nitrogen and oxygen atoms in total. The van der Waals surface area contributed by atoms with E-state index in [1.54, 1.807) is 4.90 Å². The van der Waals surface area contributed by atoms with Crippen LogP contribution in [0.2, 0.25) is 0 Å². The van der Waals surface area contributed by atoms with Crippen LogP contribution in [0.3, 0.4) is 0 Å². The number of anilines is 2. The summed E-state index contributed by atoms with van der Waals surface area (Å²) in [5, 5.41) is 12.0. The van der Waals surface area contributed by atoms with Gasteiger partial charge in [-0.2, -0.15) is 15.2 Å². The number of fused-ring (bicyclic) bond motifs is 2. The zero-order chi connectivity index (χ0) is 29.2. The number of hydrogen-bond acceptors (Lipinski definition) is 8. The molecule has 0 radical (unpaired) electrons. The van der Waals surface area contributed by atoms with Gasteiger partial charge in [0.1, 0.15) is 11.9 Å². The van der Waals surface area contributed by atoms with Crippen molar-refractivity contribution in [3.8, 4) is 12.1 Å². The summed E-state index contributed by atoms with van der Waals surface area (Å²) in [5.41, 5.74) is 3.32. The van der Waals surface area contributed by atoms with Gasteiger partial charge >= 0.3 is 6.01 Å². The van der Waals surface area contributed by atoms with Crippen LogP contribution in [0.15, 0.2) is 55.1 Å². The lowest BCUT2D eigenvalue weighted by Gasteiger charge is -2.42. The molecule has 1 saturated heterocycles. The van der Waals surface area contributed by atoms with Gasteiger partial charge in [-0.1, -0.05) is 43.0 Å². The van der Waals surface area contributed by atoms with E-state index in [0.29, 0.717) is 38.2 Å². The number of carbonyl (C=O) groups excluding carboxylic acids is 1. The molecule has 9 heteroatoms. The van der Waals surface area contributed by atoms with Crippen molar-refractivity contribution in [1.82, 2.24) is 19.8 Å². The van der Waals surface area contributed by atoms with Crippen LogP contribution in [0.5, 0.6) is 6.01 Å². The second-order valence-electron chi connectivity index (χ2n) is 11.8. The normalized spacial score (nSPS) is 22.2. The Morgan fingerprint density at radius 1 is 1.12 bits per heavy atom. The molecule has 3 heterocycles. The highest BCUT2D eigenvalue weighted by atomic mass is 16.5. The lowest BCUT2D eigenvalue weighted by Crippen LogP contribution is -2.55. The lowest BCUT2D eigenvalue weighted by atomic mass is 10.0. The molecule has 1 amide bonds. The smallest absolute Gasteiger partial charge is 0.318 e. The second-order valence-corrected chi connectivity index (χ2v) is 11.8. The van der Waals surface area contributed by atoms with Crippen molar-refractivity contribution in [3.63, 3.8) is 0 Å². The molecule has 1 saturated carbocycles. The summed E-state index contributed by atoms with van der Waals surface area (Å²) in [7, 11) is 4.24. The summed E-state index contributed by atoms with van der Waals surface area (Å²) in [6, 6.07) is 17.9. The summed E-state index contributed by atoms with van der Waals surface area (Å²) in [5.74, 6) is 0.745. The van der Waals surface area contributed by atoms with E-state index < -0.39 is 0 Å². The molecule has 1 aromatic heterocycles. The number of nitrogens with zero attached hydrogens (tertiary/aromatic N) is 7. The average molecular weight is 566 g/mol. The SMILES string of the molecule is C=CC(=O)N1CCN(c2nc(OC3CCC(N(C)C)C3)nc3c2CCN(c2cccc4ccccc24)C3)CC1CC#N. The van der Waals surface area contributed by atoms with Crippen molar-refractivity contribution in [2.45, 2.75) is 56.8 Å². The number of ether oxygens (including phenoxy) is 1. The van der Waals surface area contributed by atoms with E-state index in [9.17, 15) is 10.1 Å². The van der Waals surface area contributed by atoms with E-state index in [4.69, 9.17) is 14.7 Å². The first-order valence-corrected chi connectivity index (χ1v) is 15.0. The molecule has 2 aromatic carbocycles. The van der Waals surface area contributed by atoms with E-state index in [0.717, 1.165) is 49.3 Å². The minimum atomic E-state index is -0.226. The molecule has 3 unspecified atom stereocenters. The largest absolute Gasteiger partial charge is 0.460 e. The predicted molar refractivity (Wildman–Crippen MR) is 165 cm³/mol. The maximum Gasteiger partial charge on any atom is 0.318 e. The number of aromatic nitrogens is 2. The maximum absolute atomic E-state index is 12.5. The zero-order valence-electron chi connectivity index (χ0n) is 24.6. The first-order chi connectivity index (χ1) is 20.4. The molecule has 0 bridgehead atoms. The van der Waals surface area contributed by atoms with Crippen molar-refractivity contribution in [1.29, 1.82) is 5.26 Å². The Morgan fingerprint density at radius 3 is 2.74 bits per heavy atom. The van der Waals surface area contributed by atoms with Crippen LogP contribution in [-0.4, -0.2) is 84.1 Å². The molecule has 218 valence electrons. The third-order valence-corrected chi connectivity index (χ3v) is 9.06. The van der Waals surface area contributed by atoms with E-state index in [2.05, 4.69) is 83.9 Å². The standard InChI is InChI=1S/C33H39N7O2/c1-4-31(41)40-19-18-39(21-25(40)14-16-34)32-28-15-17-38(30-11-7-9-23-8-5-6-10-27(23)30)22-29(28)35-33(36-32)42-26-13-12-24(20-26)37(2)3/h4-11,24-26H,1,12-15,17-22H2,2-3H3. The number of nitriles is 1. The van der Waals surface area contributed by atoms with Gasteiger partial charge in [0.05, 0.1) is 30.8 Å². The monoisotopic (exact) mass is 565 g/mol. The minimum absolute atomic E-state index is 0.0782. The average Bonchev–Trinajstić information content (AvgIpc) is 3.49. The Labute approximate surface area is 248 Å². The van der Waals surface area contributed by atoms with Crippen molar-refractivity contribution < 1.29 is 9.53 Å². The van der Waals surface area contributed by atoms with Crippen LogP contribution in [0, 0.1) is 11.3 Å². The Hall–Kier alpha value is -4.16. The van der Waals surface area contributed by atoms with Crippen LogP contribution < -0.4 is 14.5 Å². The number of piperazine rings is 1. The third kappa shape index (κ3) is 5.51. The van der Waals surface area contributed by atoms with Crippen molar-refractivity contribution >= 4 is 28.2 Å². The van der Waals surface area contributed by atoms with Crippen LogP contribution in [0.1, 0.15) is 36.9 Å². The Balaban J connectivity index is 1.33.